The van der Waals surface area contributed by atoms with Crippen LogP contribution in [0.2, 0.25) is 15.1 Å². The van der Waals surface area contributed by atoms with E-state index in [9.17, 15) is 4.79 Å². The second-order valence-electron chi connectivity index (χ2n) is 6.74. The SMILES string of the molecule is CCc1ccc(OC(C)c2nnc(SCC(=O)Nc3cc(Cl)c(Cl)cc3Cl)n2C)cc1. The van der Waals surface area contributed by atoms with E-state index in [1.807, 2.05) is 42.8 Å². The summed E-state index contributed by atoms with van der Waals surface area (Å²) >= 11 is 19.3. The van der Waals surface area contributed by atoms with Gasteiger partial charge in [0.25, 0.3) is 0 Å². The highest BCUT2D eigenvalue weighted by atomic mass is 35.5. The molecule has 0 aliphatic rings. The van der Waals surface area contributed by atoms with Gasteiger partial charge in [-0.25, -0.2) is 0 Å². The molecule has 10 heteroatoms. The number of anilines is 1. The molecule has 2 aromatic carbocycles. The molecule has 1 amide bonds. The maximum atomic E-state index is 12.3. The van der Waals surface area contributed by atoms with Crippen LogP contribution in [0.4, 0.5) is 5.69 Å². The number of thioether (sulfide) groups is 1. The molecule has 0 aliphatic carbocycles. The first-order valence-corrected chi connectivity index (χ1v) is 11.6. The molecule has 1 N–H and O–H groups in total. The highest BCUT2D eigenvalue weighted by Crippen LogP contribution is 2.32. The van der Waals surface area contributed by atoms with Gasteiger partial charge in [-0.2, -0.15) is 0 Å². The average molecular weight is 500 g/mol. The molecule has 3 rings (SSSR count). The molecule has 0 bridgehead atoms. The zero-order valence-electron chi connectivity index (χ0n) is 17.2. The van der Waals surface area contributed by atoms with E-state index in [-0.39, 0.29) is 17.8 Å². The molecular formula is C21H21Cl3N4O2S. The molecule has 1 atom stereocenters. The van der Waals surface area contributed by atoms with E-state index in [2.05, 4.69) is 22.4 Å². The second kappa shape index (κ2) is 10.6. The number of amides is 1. The summed E-state index contributed by atoms with van der Waals surface area (Å²) in [6.07, 6.45) is 0.674. The van der Waals surface area contributed by atoms with E-state index in [4.69, 9.17) is 39.5 Å². The van der Waals surface area contributed by atoms with Crippen molar-refractivity contribution in [2.45, 2.75) is 31.5 Å². The number of benzene rings is 2. The molecule has 6 nitrogen and oxygen atoms in total. The molecule has 3 aromatic rings. The highest BCUT2D eigenvalue weighted by Gasteiger charge is 2.18. The normalized spacial score (nSPS) is 11.9. The van der Waals surface area contributed by atoms with Crippen molar-refractivity contribution >= 4 is 58.2 Å². The van der Waals surface area contributed by atoms with Crippen molar-refractivity contribution in [3.8, 4) is 5.75 Å². The van der Waals surface area contributed by atoms with E-state index >= 15 is 0 Å². The van der Waals surface area contributed by atoms with Gasteiger partial charge in [-0.3, -0.25) is 4.79 Å². The first kappa shape index (κ1) is 23.7. The molecule has 0 radical (unpaired) electrons. The molecule has 31 heavy (non-hydrogen) atoms. The molecule has 0 saturated carbocycles. The molecule has 1 heterocycles. The van der Waals surface area contributed by atoms with Gasteiger partial charge in [-0.1, -0.05) is 65.6 Å². The maximum absolute atomic E-state index is 12.3. The van der Waals surface area contributed by atoms with Crippen molar-refractivity contribution in [1.29, 1.82) is 0 Å². The highest BCUT2D eigenvalue weighted by molar-refractivity contribution is 7.99. The number of carbonyl (C=O) groups excluding carboxylic acids is 1. The first-order valence-electron chi connectivity index (χ1n) is 9.50. The fourth-order valence-corrected chi connectivity index (χ4v) is 4.11. The third-order valence-corrected chi connectivity index (χ3v) is 6.55. The van der Waals surface area contributed by atoms with Crippen LogP contribution in [0.15, 0.2) is 41.6 Å². The molecule has 0 fully saturated rings. The van der Waals surface area contributed by atoms with Crippen LogP contribution in [0.3, 0.4) is 0 Å². The number of hydrogen-bond acceptors (Lipinski definition) is 5. The zero-order valence-corrected chi connectivity index (χ0v) is 20.2. The lowest BCUT2D eigenvalue weighted by atomic mass is 10.2. The lowest BCUT2D eigenvalue weighted by Gasteiger charge is -2.14. The standard InChI is InChI=1S/C21H21Cl3N4O2S/c1-4-13-5-7-14(8-6-13)30-12(2)20-26-27-21(28(20)3)31-11-19(29)25-18-10-16(23)15(22)9-17(18)24/h5-10,12H,4,11H2,1-3H3,(H,25,29). The smallest absolute Gasteiger partial charge is 0.234 e. The van der Waals surface area contributed by atoms with Crippen molar-refractivity contribution in [3.05, 3.63) is 62.9 Å². The van der Waals surface area contributed by atoms with Gasteiger partial charge in [0.2, 0.25) is 5.91 Å². The van der Waals surface area contributed by atoms with Crippen LogP contribution in [-0.2, 0) is 18.3 Å². The summed E-state index contributed by atoms with van der Waals surface area (Å²) in [7, 11) is 1.84. The van der Waals surface area contributed by atoms with Crippen LogP contribution in [0, 0.1) is 0 Å². The summed E-state index contributed by atoms with van der Waals surface area (Å²) in [5.74, 6) is 1.29. The fourth-order valence-electron chi connectivity index (χ4n) is 2.80. The van der Waals surface area contributed by atoms with Gasteiger partial charge >= 0.3 is 0 Å². The molecule has 0 aliphatic heterocycles. The predicted octanol–water partition coefficient (Wildman–Crippen LogP) is 6.21. The Morgan fingerprint density at radius 2 is 1.81 bits per heavy atom. The van der Waals surface area contributed by atoms with E-state index in [0.717, 1.165) is 12.2 Å². The van der Waals surface area contributed by atoms with Crippen molar-refractivity contribution < 1.29 is 9.53 Å². The minimum atomic E-state index is -0.303. The van der Waals surface area contributed by atoms with Gasteiger partial charge in [0.05, 0.1) is 26.5 Å². The number of aryl methyl sites for hydroxylation is 1. The number of ether oxygens (including phenoxy) is 1. The molecule has 164 valence electrons. The third kappa shape index (κ3) is 6.07. The van der Waals surface area contributed by atoms with Crippen LogP contribution in [-0.4, -0.2) is 26.4 Å². The zero-order chi connectivity index (χ0) is 22.5. The monoisotopic (exact) mass is 498 g/mol. The Hall–Kier alpha value is -1.93. The van der Waals surface area contributed by atoms with Crippen LogP contribution < -0.4 is 10.1 Å². The summed E-state index contributed by atoms with van der Waals surface area (Å²) in [4.78, 5) is 12.3. The van der Waals surface area contributed by atoms with Crippen LogP contribution in [0.5, 0.6) is 5.75 Å². The predicted molar refractivity (Wildman–Crippen MR) is 127 cm³/mol. The Kier molecular flexibility index (Phi) is 8.11. The number of nitrogens with zero attached hydrogens (tertiary/aromatic N) is 3. The Labute approximate surface area is 200 Å². The summed E-state index contributed by atoms with van der Waals surface area (Å²) in [6.45, 7) is 4.02. The van der Waals surface area contributed by atoms with Gasteiger partial charge in [-0.05, 0) is 43.2 Å². The van der Waals surface area contributed by atoms with Crippen molar-refractivity contribution in [2.75, 3.05) is 11.1 Å². The number of hydrogen-bond donors (Lipinski definition) is 1. The maximum Gasteiger partial charge on any atom is 0.234 e. The van der Waals surface area contributed by atoms with Gasteiger partial charge in [-0.15, -0.1) is 10.2 Å². The number of nitrogens with one attached hydrogen (secondary N) is 1. The summed E-state index contributed by atoms with van der Waals surface area (Å²) in [5, 5.41) is 12.7. The number of aromatic nitrogens is 3. The Bertz CT molecular complexity index is 1070. The number of halogens is 3. The van der Waals surface area contributed by atoms with E-state index in [1.165, 1.54) is 29.5 Å². The minimum absolute atomic E-state index is 0.121. The Balaban J connectivity index is 1.59. The van der Waals surface area contributed by atoms with Gasteiger partial charge < -0.3 is 14.6 Å². The summed E-state index contributed by atoms with van der Waals surface area (Å²) < 4.78 is 7.80. The van der Waals surface area contributed by atoms with Crippen molar-refractivity contribution in [2.24, 2.45) is 7.05 Å². The van der Waals surface area contributed by atoms with Crippen LogP contribution in [0.1, 0.15) is 31.3 Å². The van der Waals surface area contributed by atoms with Gasteiger partial charge in [0.15, 0.2) is 17.1 Å². The van der Waals surface area contributed by atoms with E-state index in [0.29, 0.717) is 31.7 Å². The fraction of sp³-hybridized carbons (Fsp3) is 0.286. The van der Waals surface area contributed by atoms with Crippen LogP contribution >= 0.6 is 46.6 Å². The number of rotatable bonds is 8. The minimum Gasteiger partial charge on any atom is -0.483 e. The molecular weight excluding hydrogens is 479 g/mol. The summed E-state index contributed by atoms with van der Waals surface area (Å²) in [5.41, 5.74) is 1.65. The third-order valence-electron chi connectivity index (χ3n) is 4.49. The van der Waals surface area contributed by atoms with Gasteiger partial charge in [0.1, 0.15) is 5.75 Å². The molecule has 0 spiro atoms. The lowest BCUT2D eigenvalue weighted by Crippen LogP contribution is -2.15. The number of carbonyl (C=O) groups is 1. The lowest BCUT2D eigenvalue weighted by molar-refractivity contribution is -0.113. The second-order valence-corrected chi connectivity index (χ2v) is 8.90. The molecule has 1 unspecified atom stereocenters. The molecule has 1 aromatic heterocycles. The van der Waals surface area contributed by atoms with Crippen molar-refractivity contribution in [1.82, 2.24) is 14.8 Å². The quantitative estimate of drug-likeness (QED) is 0.295. The Morgan fingerprint density at radius 1 is 1.13 bits per heavy atom. The largest absolute Gasteiger partial charge is 0.483 e. The van der Waals surface area contributed by atoms with E-state index < -0.39 is 0 Å². The molecule has 0 saturated heterocycles. The topological polar surface area (TPSA) is 69.0 Å². The van der Waals surface area contributed by atoms with E-state index in [1.54, 1.807) is 0 Å². The Morgan fingerprint density at radius 3 is 2.48 bits per heavy atom. The van der Waals surface area contributed by atoms with Crippen LogP contribution in [0.25, 0.3) is 0 Å². The van der Waals surface area contributed by atoms with Crippen molar-refractivity contribution in [3.63, 3.8) is 0 Å². The average Bonchev–Trinajstić information content (AvgIpc) is 3.11. The van der Waals surface area contributed by atoms with Gasteiger partial charge in [0, 0.05) is 7.05 Å². The summed E-state index contributed by atoms with van der Waals surface area (Å²) in [6, 6.07) is 11.0. The first-order chi connectivity index (χ1) is 14.8.